The van der Waals surface area contributed by atoms with E-state index in [-0.39, 0.29) is 158 Å². The fourth-order valence-corrected chi connectivity index (χ4v) is 14.1. The quantitative estimate of drug-likeness (QED) is 0.00980. The van der Waals surface area contributed by atoms with E-state index in [1.807, 2.05) is 52.0 Å². The van der Waals surface area contributed by atoms with Gasteiger partial charge in [0.25, 0.3) is 0 Å². The number of hydrogen-bond acceptors (Lipinski definition) is 35. The number of carboxylic acid groups (broad SMARTS) is 1. The average molecular weight is 1790 g/mol. The van der Waals surface area contributed by atoms with Crippen molar-refractivity contribution in [3.05, 3.63) is 42.6 Å². The van der Waals surface area contributed by atoms with Crippen molar-refractivity contribution in [2.24, 2.45) is 11.8 Å². The van der Waals surface area contributed by atoms with Crippen molar-refractivity contribution >= 4 is 99.3 Å². The molecule has 0 radical (unpaired) electrons. The van der Waals surface area contributed by atoms with Gasteiger partial charge in [0, 0.05) is 169 Å². The van der Waals surface area contributed by atoms with Crippen molar-refractivity contribution in [2.45, 2.75) is 198 Å². The fraction of sp³-hybridized carbons (Fsp3) is 0.702. The number of piperazine rings is 1. The molecule has 40 nitrogen and oxygen atoms in total. The maximum absolute atomic E-state index is 13.2. The molecule has 4 fully saturated rings. The van der Waals surface area contributed by atoms with Crippen LogP contribution in [0.4, 0.5) is 10.6 Å². The molecule has 1 aromatic carbocycles. The van der Waals surface area contributed by atoms with Crippen molar-refractivity contribution in [3.63, 3.8) is 0 Å². The largest absolute Gasteiger partial charge is 0.481 e. The lowest BCUT2D eigenvalue weighted by Gasteiger charge is -2.34. The number of methoxy groups -OCH3 is 4. The zero-order valence-corrected chi connectivity index (χ0v) is 74.3. The minimum Gasteiger partial charge on any atom is -0.481 e. The maximum atomic E-state index is 13.2. The summed E-state index contributed by atoms with van der Waals surface area (Å²) in [6.45, 7) is 13.1. The standard InChI is InChI=1S/C38H49N7O10.C27H45N3O9S.C12H22O7.C7H16O4/c1-3-27(24-46)53-32(50-2)25-52-31(48)11-5-10-30(47)39-13-14-43-15-17-45(18-16-43)38(49)54-28-8-4-7-26(23-28)35-41-33-29-9-6-12-40-37(29)55-34(33)36(42-35)44-19-21-51-22-20-44;1-4-20(16-31)39-25(37-3)17-38-24(34)7-5-6-22(32)29-12-13-40-21-14-23(33)30(27(21)36)15-18-8-10-19(11-9-18)26(35)28-2;1-3-9(7-13)19-12(17-2)8-18-11(16)6-4-5-10(14)15;1-3-6(4-8)11-7(5-9)10-2/h4,6-9,12,23,27,32,46H,3,5,10-11,13-22,24-25H2,1-2H3,(H,39,47);18-21,25,31H,4-17H2,1-3H3,(H,28,35)(H,29,32);9,12-13H,3-8H2,1-2H3,(H,14,15);6-9H,3-5H2,1-2H3. The van der Waals surface area contributed by atoms with Crippen molar-refractivity contribution in [1.29, 1.82) is 0 Å². The van der Waals surface area contributed by atoms with Crippen LogP contribution >= 0.6 is 11.8 Å². The fourth-order valence-electron chi connectivity index (χ4n) is 13.0. The molecular formula is C84H132N10O30S. The molecule has 3 aromatic heterocycles. The maximum Gasteiger partial charge on any atom is 0.415 e. The van der Waals surface area contributed by atoms with Crippen LogP contribution in [-0.2, 0) is 100.0 Å². The lowest BCUT2D eigenvalue weighted by atomic mass is 9.81. The Hall–Kier alpha value is -8.50. The number of nitrogens with one attached hydrogen (secondary N) is 3. The molecule has 6 heterocycles. The number of ether oxygens (including phenoxy) is 13. The molecule has 4 aromatic rings. The van der Waals surface area contributed by atoms with E-state index in [9.17, 15) is 58.2 Å². The first-order valence-corrected chi connectivity index (χ1v) is 43.8. The number of furan rings is 1. The van der Waals surface area contributed by atoms with Gasteiger partial charge in [-0.3, -0.25) is 53.0 Å². The van der Waals surface area contributed by atoms with Gasteiger partial charge in [-0.25, -0.2) is 19.7 Å². The van der Waals surface area contributed by atoms with E-state index in [2.05, 4.69) is 30.7 Å². The molecule has 6 amide bonds. The van der Waals surface area contributed by atoms with E-state index in [4.69, 9.17) is 96.4 Å². The van der Waals surface area contributed by atoms with Crippen LogP contribution in [0.25, 0.3) is 33.6 Å². The first-order chi connectivity index (χ1) is 60.4. The second-order valence-electron chi connectivity index (χ2n) is 29.5. The third-order valence-electron chi connectivity index (χ3n) is 20.6. The lowest BCUT2D eigenvalue weighted by molar-refractivity contribution is -0.194. The monoisotopic (exact) mass is 1790 g/mol. The van der Waals surface area contributed by atoms with Gasteiger partial charge in [0.15, 0.2) is 42.4 Å². The minimum absolute atomic E-state index is 0.0129. The number of amides is 6. The number of aliphatic carboxylic acids is 1. The van der Waals surface area contributed by atoms with E-state index < -0.39 is 72.6 Å². The van der Waals surface area contributed by atoms with Gasteiger partial charge in [0.1, 0.15) is 31.1 Å². The van der Waals surface area contributed by atoms with Gasteiger partial charge in [-0.2, -0.15) is 0 Å². The molecule has 9 N–H and O–H groups in total. The van der Waals surface area contributed by atoms with E-state index in [0.29, 0.717) is 163 Å². The number of anilines is 1. The number of aliphatic hydroxyl groups excluding tert-OH is 5. The summed E-state index contributed by atoms with van der Waals surface area (Å²) in [5.41, 5.74) is 2.42. The van der Waals surface area contributed by atoms with Crippen LogP contribution in [0.2, 0.25) is 0 Å². The number of hydrogen-bond donors (Lipinski definition) is 9. The molecule has 0 spiro atoms. The number of morpholine rings is 1. The number of aromatic nitrogens is 3. The summed E-state index contributed by atoms with van der Waals surface area (Å²) >= 11 is 1.37. The molecule has 3 aliphatic heterocycles. The molecule has 8 rings (SSSR count). The Bertz CT molecular complexity index is 3820. The molecule has 9 unspecified atom stereocenters. The number of aliphatic hydroxyl groups is 5. The number of thioether (sulfide) groups is 1. The molecule has 1 aliphatic carbocycles. The normalized spacial score (nSPS) is 17.9. The molecule has 3 saturated heterocycles. The molecule has 704 valence electrons. The van der Waals surface area contributed by atoms with Crippen LogP contribution in [0.5, 0.6) is 5.75 Å². The highest BCUT2D eigenvalue weighted by atomic mass is 32.2. The topological polar surface area (TPSA) is 513 Å². The van der Waals surface area contributed by atoms with Crippen LogP contribution in [0, 0.1) is 11.8 Å². The zero-order chi connectivity index (χ0) is 91.4. The van der Waals surface area contributed by atoms with E-state index in [1.54, 1.807) is 30.3 Å². The number of benzene rings is 1. The first kappa shape index (κ1) is 107. The summed E-state index contributed by atoms with van der Waals surface area (Å²) in [6, 6.07) is 11.0. The Morgan fingerprint density at radius 1 is 0.600 bits per heavy atom. The lowest BCUT2D eigenvalue weighted by Crippen LogP contribution is -2.51. The van der Waals surface area contributed by atoms with Gasteiger partial charge in [0.05, 0.1) is 81.3 Å². The van der Waals surface area contributed by atoms with Gasteiger partial charge >= 0.3 is 30.0 Å². The second kappa shape index (κ2) is 61.0. The molecule has 125 heavy (non-hydrogen) atoms. The van der Waals surface area contributed by atoms with E-state index >= 15 is 0 Å². The Morgan fingerprint density at radius 2 is 1.11 bits per heavy atom. The summed E-state index contributed by atoms with van der Waals surface area (Å²) in [5, 5.41) is 61.9. The Labute approximate surface area is 733 Å². The molecule has 4 aliphatic rings. The summed E-state index contributed by atoms with van der Waals surface area (Å²) in [7, 11) is 7.35. The van der Waals surface area contributed by atoms with Gasteiger partial charge in [-0.05, 0) is 101 Å². The van der Waals surface area contributed by atoms with Crippen LogP contribution in [0.3, 0.4) is 0 Å². The number of pyridine rings is 1. The predicted molar refractivity (Wildman–Crippen MR) is 454 cm³/mol. The van der Waals surface area contributed by atoms with Gasteiger partial charge in [0.2, 0.25) is 35.2 Å². The minimum atomic E-state index is -0.945. The molecule has 1 saturated carbocycles. The van der Waals surface area contributed by atoms with Crippen LogP contribution < -0.4 is 25.6 Å². The smallest absolute Gasteiger partial charge is 0.415 e. The summed E-state index contributed by atoms with van der Waals surface area (Å²) in [5.74, 6) is -0.737. The third-order valence-corrected chi connectivity index (χ3v) is 21.8. The number of likely N-dealkylation sites (tertiary alicyclic amines) is 1. The average Bonchev–Trinajstić information content (AvgIpc) is 1.60. The number of carbonyl (C=O) groups excluding carboxylic acids is 9. The molecule has 9 atom stereocenters. The van der Waals surface area contributed by atoms with Crippen molar-refractivity contribution in [1.82, 2.24) is 45.6 Å². The Kier molecular flexibility index (Phi) is 52.3. The summed E-state index contributed by atoms with van der Waals surface area (Å²) in [4.78, 5) is 142. The summed E-state index contributed by atoms with van der Waals surface area (Å²) < 4.78 is 74.2. The Morgan fingerprint density at radius 3 is 1.60 bits per heavy atom. The number of carbonyl (C=O) groups is 10. The van der Waals surface area contributed by atoms with E-state index in [1.165, 1.54) is 45.1 Å². The number of nitrogens with zero attached hydrogens (tertiary/aromatic N) is 7. The first-order valence-electron chi connectivity index (χ1n) is 42.7. The molecule has 41 heteroatoms. The van der Waals surface area contributed by atoms with Crippen molar-refractivity contribution in [3.8, 4) is 17.1 Å². The predicted octanol–water partition coefficient (Wildman–Crippen LogP) is 4.25. The van der Waals surface area contributed by atoms with Gasteiger partial charge < -0.3 is 122 Å². The number of esters is 3. The van der Waals surface area contributed by atoms with Gasteiger partial charge in [-0.1, -0.05) is 39.8 Å². The van der Waals surface area contributed by atoms with E-state index in [0.717, 1.165) is 31.1 Å². The number of imide groups is 1. The Balaban J connectivity index is 0.000000343. The number of rotatable bonds is 52. The summed E-state index contributed by atoms with van der Waals surface area (Å²) in [6.07, 6.45) is 4.18. The SMILES string of the molecule is CCC(CO)OC(CO)OC.CCC(CO)OC(COC(=O)CCCC(=O)NCCN1CCN(C(=O)Oc2cccc(-c3nc(N4CCOCC4)c4oc5ncccc5c4n3)c2)CC1)OC.CCC(CO)OC(COC(=O)CCCC(=O)NCCSC1CC(=O)N(CC2CCC(C(=O)NC)CC2)C1=O)OC.CCC(CO)OC(COC(=O)CCCC(=O)O)OC. The van der Waals surface area contributed by atoms with Crippen LogP contribution in [-0.4, -0.2) is 347 Å². The molecular weight excluding hydrogens is 1660 g/mol. The number of fused-ring (bicyclic) bond motifs is 3. The highest BCUT2D eigenvalue weighted by Gasteiger charge is 2.41. The second-order valence-corrected chi connectivity index (χ2v) is 30.8. The van der Waals surface area contributed by atoms with Crippen LogP contribution in [0.15, 0.2) is 47.0 Å². The third kappa shape index (κ3) is 39.3. The number of carboxylic acids is 1. The molecule has 0 bridgehead atoms. The highest BCUT2D eigenvalue weighted by Crippen LogP contribution is 2.36. The van der Waals surface area contributed by atoms with Crippen LogP contribution in [0.1, 0.15) is 143 Å². The van der Waals surface area contributed by atoms with Gasteiger partial charge in [-0.15, -0.1) is 11.8 Å². The van der Waals surface area contributed by atoms with Crippen molar-refractivity contribution in [2.75, 3.05) is 178 Å². The highest BCUT2D eigenvalue weighted by molar-refractivity contribution is 8.00. The zero-order valence-electron chi connectivity index (χ0n) is 73.5. The van der Waals surface area contributed by atoms with Crippen molar-refractivity contribution < 1.29 is 145 Å².